The third-order valence-electron chi connectivity index (χ3n) is 4.46. The molecule has 0 aromatic heterocycles. The van der Waals surface area contributed by atoms with Crippen molar-refractivity contribution in [3.8, 4) is 17.6 Å². The molecule has 3 rings (SSSR count). The number of benzene rings is 3. The Balaban J connectivity index is 0.000000235. The second kappa shape index (κ2) is 11.7. The third-order valence-corrected chi connectivity index (χ3v) is 5.33. The first-order valence-electron chi connectivity index (χ1n) is 10.0. The number of aryl methyl sites for hydroxylation is 1. The smallest absolute Gasteiger partial charge is 0.298 e. The Morgan fingerprint density at radius 1 is 1.06 bits per heavy atom. The van der Waals surface area contributed by atoms with Gasteiger partial charge in [0.05, 0.1) is 12.5 Å². The fourth-order valence-electron chi connectivity index (χ4n) is 2.91. The number of hydrogen-bond donors (Lipinski definition) is 2. The summed E-state index contributed by atoms with van der Waals surface area (Å²) in [5.74, 6) is 0.491. The van der Waals surface area contributed by atoms with Crippen molar-refractivity contribution in [2.45, 2.75) is 25.2 Å². The van der Waals surface area contributed by atoms with E-state index in [1.807, 2.05) is 0 Å². The average Bonchev–Trinajstić information content (AvgIpc) is 2.76. The van der Waals surface area contributed by atoms with Crippen molar-refractivity contribution in [1.29, 1.82) is 5.26 Å². The minimum absolute atomic E-state index is 0.0258. The molecule has 0 heterocycles. The first-order valence-corrected chi connectivity index (χ1v) is 11.5. The van der Waals surface area contributed by atoms with E-state index in [-0.39, 0.29) is 16.3 Å². The van der Waals surface area contributed by atoms with E-state index in [2.05, 4.69) is 49.1 Å². The maximum atomic E-state index is 11.2. The van der Waals surface area contributed by atoms with Gasteiger partial charge in [0.1, 0.15) is 16.4 Å². The van der Waals surface area contributed by atoms with Crippen molar-refractivity contribution in [2.75, 3.05) is 23.7 Å². The molecule has 0 saturated carbocycles. The first kappa shape index (κ1) is 24.7. The molecule has 3 aromatic rings. The molecule has 0 fully saturated rings. The second-order valence-electron chi connectivity index (χ2n) is 6.92. The number of hydrogen-bond acceptors (Lipinski definition) is 6. The number of nitrogens with two attached hydrogens (primary N) is 1. The van der Waals surface area contributed by atoms with Crippen LogP contribution in [0.4, 0.5) is 11.4 Å². The van der Waals surface area contributed by atoms with E-state index in [4.69, 9.17) is 20.3 Å². The molecule has 0 unspecified atom stereocenters. The molecule has 0 aliphatic heterocycles. The van der Waals surface area contributed by atoms with Gasteiger partial charge in [-0.3, -0.25) is 4.55 Å². The van der Waals surface area contributed by atoms with Gasteiger partial charge in [0.2, 0.25) is 0 Å². The van der Waals surface area contributed by atoms with Crippen LogP contribution in [0.15, 0.2) is 77.7 Å². The topological polar surface area (TPSA) is 117 Å². The van der Waals surface area contributed by atoms with E-state index in [1.165, 1.54) is 23.4 Å². The molecule has 32 heavy (non-hydrogen) atoms. The summed E-state index contributed by atoms with van der Waals surface area (Å²) in [5, 5.41) is 8.54. The summed E-state index contributed by atoms with van der Waals surface area (Å²) in [6.07, 6.45) is 0.585. The maximum absolute atomic E-state index is 11.2. The Morgan fingerprint density at radius 2 is 1.78 bits per heavy atom. The second-order valence-corrected chi connectivity index (χ2v) is 8.31. The van der Waals surface area contributed by atoms with Gasteiger partial charge in [0, 0.05) is 24.5 Å². The summed E-state index contributed by atoms with van der Waals surface area (Å²) in [7, 11) is -4.38. The Morgan fingerprint density at radius 3 is 2.38 bits per heavy atom. The number of ether oxygens (including phenoxy) is 1. The van der Waals surface area contributed by atoms with Crippen molar-refractivity contribution in [2.24, 2.45) is 0 Å². The highest BCUT2D eigenvalue weighted by atomic mass is 32.2. The van der Waals surface area contributed by atoms with Crippen molar-refractivity contribution in [3.63, 3.8) is 0 Å². The highest BCUT2D eigenvalue weighted by Gasteiger charge is 2.17. The van der Waals surface area contributed by atoms with Gasteiger partial charge in [-0.2, -0.15) is 13.7 Å². The molecule has 3 aromatic carbocycles. The molecule has 7 nitrogen and oxygen atoms in total. The van der Waals surface area contributed by atoms with Gasteiger partial charge in [-0.05, 0) is 61.9 Å². The number of nitriles is 1. The Kier molecular flexibility index (Phi) is 9.08. The van der Waals surface area contributed by atoms with Gasteiger partial charge >= 0.3 is 0 Å². The van der Waals surface area contributed by atoms with E-state index in [0.717, 1.165) is 19.2 Å². The Hall–Kier alpha value is -3.54. The summed E-state index contributed by atoms with van der Waals surface area (Å²) >= 11 is 0. The number of rotatable bonds is 7. The lowest BCUT2D eigenvalue weighted by molar-refractivity contribution is 0.450. The lowest BCUT2D eigenvalue weighted by Gasteiger charge is -2.22. The minimum atomic E-state index is -4.38. The van der Waals surface area contributed by atoms with Crippen molar-refractivity contribution in [1.82, 2.24) is 0 Å². The quantitative estimate of drug-likeness (QED) is 0.380. The van der Waals surface area contributed by atoms with Crippen molar-refractivity contribution in [3.05, 3.63) is 78.4 Å². The van der Waals surface area contributed by atoms with Crippen LogP contribution < -0.4 is 15.4 Å². The molecule has 0 aliphatic rings. The summed E-state index contributed by atoms with van der Waals surface area (Å²) in [6, 6.07) is 23.2. The number of nitrogens with zero attached hydrogens (tertiary/aromatic N) is 2. The largest absolute Gasteiger partial charge is 0.456 e. The number of anilines is 2. The van der Waals surface area contributed by atoms with Crippen LogP contribution in [-0.2, 0) is 10.1 Å². The fourth-order valence-corrected chi connectivity index (χ4v) is 3.55. The molecule has 0 saturated heterocycles. The molecule has 0 spiro atoms. The zero-order valence-electron chi connectivity index (χ0n) is 18.1. The van der Waals surface area contributed by atoms with Crippen LogP contribution in [-0.4, -0.2) is 26.1 Å². The van der Waals surface area contributed by atoms with E-state index in [9.17, 15) is 8.42 Å². The van der Waals surface area contributed by atoms with Gasteiger partial charge in [0.25, 0.3) is 10.1 Å². The van der Waals surface area contributed by atoms with Crippen LogP contribution in [0.1, 0.15) is 18.9 Å². The molecule has 0 bridgehead atoms. The molecular formula is C24H27N3O4S. The molecule has 0 radical (unpaired) electrons. The summed E-state index contributed by atoms with van der Waals surface area (Å²) in [6.45, 7) is 5.96. The first-order chi connectivity index (χ1) is 15.2. The zero-order chi connectivity index (χ0) is 23.6. The summed E-state index contributed by atoms with van der Waals surface area (Å²) < 4.78 is 36.9. The maximum Gasteiger partial charge on any atom is 0.298 e. The van der Waals surface area contributed by atoms with Gasteiger partial charge in [-0.15, -0.1) is 0 Å². The SMILES string of the molecule is CCN(CCC#N)c1cccc(C)c1.Nc1ccc(Oc2ccccc2)c(S(=O)(=O)O)c1. The number of nitrogen functional groups attached to an aromatic ring is 1. The third kappa shape index (κ3) is 7.61. The Labute approximate surface area is 189 Å². The van der Waals surface area contributed by atoms with Crippen LogP contribution in [0.25, 0.3) is 0 Å². The number of para-hydroxylation sites is 1. The van der Waals surface area contributed by atoms with Crippen LogP contribution in [0.5, 0.6) is 11.5 Å². The van der Waals surface area contributed by atoms with Gasteiger partial charge in [-0.25, -0.2) is 0 Å². The van der Waals surface area contributed by atoms with Crippen molar-refractivity contribution >= 4 is 21.5 Å². The zero-order valence-corrected chi connectivity index (χ0v) is 18.9. The summed E-state index contributed by atoms with van der Waals surface area (Å²) in [5.41, 5.74) is 8.18. The van der Waals surface area contributed by atoms with Gasteiger partial charge in [0.15, 0.2) is 0 Å². The van der Waals surface area contributed by atoms with Crippen LogP contribution in [0.3, 0.4) is 0 Å². The molecule has 0 aliphatic carbocycles. The molecule has 8 heteroatoms. The van der Waals surface area contributed by atoms with Crippen LogP contribution in [0, 0.1) is 18.3 Å². The Bertz CT molecular complexity index is 1160. The lowest BCUT2D eigenvalue weighted by atomic mass is 10.2. The van der Waals surface area contributed by atoms with E-state index in [1.54, 1.807) is 30.3 Å². The monoisotopic (exact) mass is 453 g/mol. The molecule has 3 N–H and O–H groups in total. The average molecular weight is 454 g/mol. The molecule has 168 valence electrons. The van der Waals surface area contributed by atoms with E-state index < -0.39 is 10.1 Å². The lowest BCUT2D eigenvalue weighted by Crippen LogP contribution is -2.23. The predicted molar refractivity (Wildman–Crippen MR) is 126 cm³/mol. The highest BCUT2D eigenvalue weighted by molar-refractivity contribution is 7.86. The van der Waals surface area contributed by atoms with Crippen LogP contribution >= 0.6 is 0 Å². The molecular weight excluding hydrogens is 426 g/mol. The van der Waals surface area contributed by atoms with Crippen LogP contribution in [0.2, 0.25) is 0 Å². The van der Waals surface area contributed by atoms with E-state index >= 15 is 0 Å². The molecule has 0 amide bonds. The van der Waals surface area contributed by atoms with Gasteiger partial charge < -0.3 is 15.4 Å². The van der Waals surface area contributed by atoms with Gasteiger partial charge in [-0.1, -0.05) is 30.3 Å². The minimum Gasteiger partial charge on any atom is -0.456 e. The van der Waals surface area contributed by atoms with E-state index in [0.29, 0.717) is 12.2 Å². The summed E-state index contributed by atoms with van der Waals surface area (Å²) in [4.78, 5) is 1.86. The van der Waals surface area contributed by atoms with Crippen molar-refractivity contribution < 1.29 is 17.7 Å². The fraction of sp³-hybridized carbons (Fsp3) is 0.208. The normalized spacial score (nSPS) is 10.4. The molecule has 0 atom stereocenters. The predicted octanol–water partition coefficient (Wildman–Crippen LogP) is 5.04. The standard InChI is InChI=1S/C12H16N2.C12H11NO4S/c1-3-14(9-5-8-13)12-7-4-6-11(2)10-12;13-9-6-7-11(12(8-9)18(14,15)16)17-10-4-2-1-3-5-10/h4,6-7,10H,3,5,9H2,1-2H3;1-8H,13H2,(H,14,15,16). The highest BCUT2D eigenvalue weighted by Crippen LogP contribution is 2.30.